The Kier molecular flexibility index (Phi) is 4.23. The molecule has 0 saturated heterocycles. The SMILES string of the molecule is N#Cc1ccc(Cl)cc1NS(=O)(=O)c1cnc(N)c(Cl)c1. The lowest BCUT2D eigenvalue weighted by Crippen LogP contribution is -2.14. The maximum Gasteiger partial charge on any atom is 0.263 e. The molecule has 1 aromatic heterocycles. The van der Waals surface area contributed by atoms with Gasteiger partial charge >= 0.3 is 0 Å². The van der Waals surface area contributed by atoms with E-state index in [4.69, 9.17) is 34.2 Å². The van der Waals surface area contributed by atoms with E-state index in [0.717, 1.165) is 6.20 Å². The number of nitrogens with two attached hydrogens (primary N) is 1. The van der Waals surface area contributed by atoms with Crippen molar-refractivity contribution in [2.75, 3.05) is 10.5 Å². The second kappa shape index (κ2) is 5.77. The highest BCUT2D eigenvalue weighted by Crippen LogP contribution is 2.25. The van der Waals surface area contributed by atoms with E-state index in [0.29, 0.717) is 5.02 Å². The molecular weight excluding hydrogens is 335 g/mol. The van der Waals surface area contributed by atoms with Crippen molar-refractivity contribution in [3.8, 4) is 6.07 Å². The summed E-state index contributed by atoms with van der Waals surface area (Å²) in [5, 5.41) is 9.29. The van der Waals surface area contributed by atoms with Gasteiger partial charge in [-0.15, -0.1) is 0 Å². The Morgan fingerprint density at radius 2 is 2.00 bits per heavy atom. The Morgan fingerprint density at radius 1 is 1.29 bits per heavy atom. The van der Waals surface area contributed by atoms with E-state index >= 15 is 0 Å². The molecule has 0 atom stereocenters. The molecule has 3 N–H and O–H groups in total. The molecule has 0 amide bonds. The minimum atomic E-state index is -3.96. The molecule has 0 saturated carbocycles. The molecule has 2 aromatic rings. The third kappa shape index (κ3) is 3.36. The van der Waals surface area contributed by atoms with Crippen LogP contribution in [0.3, 0.4) is 0 Å². The molecule has 0 bridgehead atoms. The normalized spacial score (nSPS) is 10.9. The zero-order valence-corrected chi connectivity index (χ0v) is 12.7. The average molecular weight is 343 g/mol. The lowest BCUT2D eigenvalue weighted by atomic mass is 10.2. The van der Waals surface area contributed by atoms with E-state index < -0.39 is 10.0 Å². The number of anilines is 2. The van der Waals surface area contributed by atoms with Crippen LogP contribution in [-0.4, -0.2) is 13.4 Å². The van der Waals surface area contributed by atoms with E-state index in [2.05, 4.69) is 9.71 Å². The van der Waals surface area contributed by atoms with Gasteiger partial charge in [0.1, 0.15) is 16.8 Å². The number of aromatic nitrogens is 1. The smallest absolute Gasteiger partial charge is 0.263 e. The van der Waals surface area contributed by atoms with Crippen LogP contribution in [0.15, 0.2) is 35.4 Å². The summed E-state index contributed by atoms with van der Waals surface area (Å²) in [7, 11) is -3.96. The number of benzene rings is 1. The van der Waals surface area contributed by atoms with Crippen molar-refractivity contribution in [3.05, 3.63) is 46.1 Å². The fraction of sp³-hybridized carbons (Fsp3) is 0. The predicted molar refractivity (Wildman–Crippen MR) is 80.6 cm³/mol. The number of hydrogen-bond acceptors (Lipinski definition) is 5. The summed E-state index contributed by atoms with van der Waals surface area (Å²) in [6, 6.07) is 7.27. The number of halogens is 2. The van der Waals surface area contributed by atoms with Crippen molar-refractivity contribution in [1.29, 1.82) is 5.26 Å². The summed E-state index contributed by atoms with van der Waals surface area (Å²) in [5.41, 5.74) is 5.64. The van der Waals surface area contributed by atoms with Crippen molar-refractivity contribution in [2.45, 2.75) is 4.90 Å². The molecule has 0 unspecified atom stereocenters. The first-order chi connectivity index (χ1) is 9.83. The van der Waals surface area contributed by atoms with E-state index in [1.165, 1.54) is 24.3 Å². The molecule has 0 spiro atoms. The molecule has 2 rings (SSSR count). The van der Waals surface area contributed by atoms with Gasteiger partial charge in [0.25, 0.3) is 10.0 Å². The molecule has 0 aliphatic heterocycles. The van der Waals surface area contributed by atoms with Crippen LogP contribution >= 0.6 is 23.2 Å². The number of hydrogen-bond donors (Lipinski definition) is 2. The number of nitrogens with zero attached hydrogens (tertiary/aromatic N) is 2. The van der Waals surface area contributed by atoms with Crippen LogP contribution in [0.2, 0.25) is 10.0 Å². The number of nitriles is 1. The zero-order chi connectivity index (χ0) is 15.6. The molecule has 0 fully saturated rings. The quantitative estimate of drug-likeness (QED) is 0.890. The van der Waals surface area contributed by atoms with E-state index in [1.807, 2.05) is 6.07 Å². The van der Waals surface area contributed by atoms with Crippen LogP contribution in [0, 0.1) is 11.3 Å². The molecule has 108 valence electrons. The van der Waals surface area contributed by atoms with Gasteiger partial charge < -0.3 is 5.73 Å². The van der Waals surface area contributed by atoms with Crippen LogP contribution in [0.25, 0.3) is 0 Å². The van der Waals surface area contributed by atoms with Gasteiger partial charge in [-0.25, -0.2) is 13.4 Å². The van der Waals surface area contributed by atoms with Crippen molar-refractivity contribution in [2.24, 2.45) is 0 Å². The van der Waals surface area contributed by atoms with Gasteiger partial charge in [-0.3, -0.25) is 4.72 Å². The minimum Gasteiger partial charge on any atom is -0.382 e. The standard InChI is InChI=1S/C12H8Cl2N4O2S/c13-8-2-1-7(5-15)11(3-8)18-21(19,20)9-4-10(14)12(16)17-6-9/h1-4,6,18H,(H2,16,17). The maximum absolute atomic E-state index is 12.2. The molecule has 6 nitrogen and oxygen atoms in total. The van der Waals surface area contributed by atoms with Gasteiger partial charge in [0.2, 0.25) is 0 Å². The van der Waals surface area contributed by atoms with Crippen molar-refractivity contribution in [1.82, 2.24) is 4.98 Å². The highest BCUT2D eigenvalue weighted by Gasteiger charge is 2.18. The third-order valence-corrected chi connectivity index (χ3v) is 4.37. The van der Waals surface area contributed by atoms with Gasteiger partial charge in [0.05, 0.1) is 16.3 Å². The maximum atomic E-state index is 12.2. The van der Waals surface area contributed by atoms with Gasteiger partial charge in [0.15, 0.2) is 0 Å². The van der Waals surface area contributed by atoms with Crippen molar-refractivity contribution < 1.29 is 8.42 Å². The summed E-state index contributed by atoms with van der Waals surface area (Å²) in [5.74, 6) is 0.0242. The average Bonchev–Trinajstić information content (AvgIpc) is 2.41. The summed E-state index contributed by atoms with van der Waals surface area (Å²) in [6.45, 7) is 0. The van der Waals surface area contributed by atoms with Crippen LogP contribution in [-0.2, 0) is 10.0 Å². The highest BCUT2D eigenvalue weighted by atomic mass is 35.5. The second-order valence-electron chi connectivity index (χ2n) is 3.95. The second-order valence-corrected chi connectivity index (χ2v) is 6.47. The highest BCUT2D eigenvalue weighted by molar-refractivity contribution is 7.92. The number of rotatable bonds is 3. The summed E-state index contributed by atoms with van der Waals surface area (Å²) in [4.78, 5) is 3.51. The van der Waals surface area contributed by atoms with Gasteiger partial charge in [0, 0.05) is 11.2 Å². The van der Waals surface area contributed by atoms with Gasteiger partial charge in [-0.2, -0.15) is 5.26 Å². The number of nitrogens with one attached hydrogen (secondary N) is 1. The summed E-state index contributed by atoms with van der Waals surface area (Å²) < 4.78 is 26.8. The Labute approximate surface area is 131 Å². The van der Waals surface area contributed by atoms with Crippen LogP contribution in [0.1, 0.15) is 5.56 Å². The number of nitrogen functional groups attached to an aromatic ring is 1. The molecule has 1 heterocycles. The summed E-state index contributed by atoms with van der Waals surface area (Å²) >= 11 is 11.6. The van der Waals surface area contributed by atoms with Crippen LogP contribution < -0.4 is 10.5 Å². The molecule has 0 aliphatic rings. The third-order valence-electron chi connectivity index (χ3n) is 2.50. The first-order valence-corrected chi connectivity index (χ1v) is 7.71. The molecular formula is C12H8Cl2N4O2S. The van der Waals surface area contributed by atoms with E-state index in [9.17, 15) is 8.42 Å². The Morgan fingerprint density at radius 3 is 2.62 bits per heavy atom. The van der Waals surface area contributed by atoms with E-state index in [-0.39, 0.29) is 27.0 Å². The number of pyridine rings is 1. The largest absolute Gasteiger partial charge is 0.382 e. The fourth-order valence-electron chi connectivity index (χ4n) is 1.48. The lowest BCUT2D eigenvalue weighted by Gasteiger charge is -2.10. The fourth-order valence-corrected chi connectivity index (χ4v) is 2.92. The zero-order valence-electron chi connectivity index (χ0n) is 10.3. The van der Waals surface area contributed by atoms with Crippen molar-refractivity contribution in [3.63, 3.8) is 0 Å². The van der Waals surface area contributed by atoms with Gasteiger partial charge in [-0.05, 0) is 24.3 Å². The molecule has 1 aromatic carbocycles. The Hall–Kier alpha value is -2.01. The Balaban J connectivity index is 2.45. The van der Waals surface area contributed by atoms with E-state index in [1.54, 1.807) is 0 Å². The van der Waals surface area contributed by atoms with Crippen molar-refractivity contribution >= 4 is 44.7 Å². The van der Waals surface area contributed by atoms with Crippen LogP contribution in [0.4, 0.5) is 11.5 Å². The van der Waals surface area contributed by atoms with Crippen LogP contribution in [0.5, 0.6) is 0 Å². The topological polar surface area (TPSA) is 109 Å². The predicted octanol–water partition coefficient (Wildman–Crippen LogP) is 2.64. The molecule has 9 heteroatoms. The Bertz CT molecular complexity index is 847. The molecule has 21 heavy (non-hydrogen) atoms. The molecule has 0 radical (unpaired) electrons. The molecule has 0 aliphatic carbocycles. The first-order valence-electron chi connectivity index (χ1n) is 5.47. The summed E-state index contributed by atoms with van der Waals surface area (Å²) in [6.07, 6.45) is 1.07. The van der Waals surface area contributed by atoms with Gasteiger partial charge in [-0.1, -0.05) is 23.2 Å². The number of sulfonamides is 1. The lowest BCUT2D eigenvalue weighted by molar-refractivity contribution is 0.601. The first kappa shape index (κ1) is 15.4. The minimum absolute atomic E-state index is 0.0180. The monoisotopic (exact) mass is 342 g/mol.